The lowest BCUT2D eigenvalue weighted by molar-refractivity contribution is -0.384. The first-order valence-electron chi connectivity index (χ1n) is 7.45. The van der Waals surface area contributed by atoms with Crippen molar-refractivity contribution in [3.05, 3.63) is 80.0 Å². The van der Waals surface area contributed by atoms with E-state index in [9.17, 15) is 19.3 Å². The van der Waals surface area contributed by atoms with Gasteiger partial charge >= 0.3 is 0 Å². The van der Waals surface area contributed by atoms with Gasteiger partial charge in [-0.3, -0.25) is 14.9 Å². The summed E-state index contributed by atoms with van der Waals surface area (Å²) in [6.07, 6.45) is 1.50. The fraction of sp³-hybridized carbons (Fsp3) is 0. The Balaban J connectivity index is 1.76. The van der Waals surface area contributed by atoms with E-state index < -0.39 is 16.6 Å². The van der Waals surface area contributed by atoms with Gasteiger partial charge in [-0.2, -0.15) is 0 Å². The standard InChI is InChI=1S/C17H10ClFN4O3S/c18-14(9-10-2-1-3-13(8-10)23(25)26)16-21-22-17(27-16)15(24)20-12-6-4-11(19)5-7-12/h1-9H,(H,20,24). The Bertz CT molecular complexity index is 1040. The van der Waals surface area contributed by atoms with Crippen LogP contribution in [0.2, 0.25) is 0 Å². The van der Waals surface area contributed by atoms with Gasteiger partial charge in [-0.05, 0) is 35.9 Å². The van der Waals surface area contributed by atoms with Crippen LogP contribution in [0.25, 0.3) is 11.1 Å². The van der Waals surface area contributed by atoms with E-state index in [4.69, 9.17) is 11.6 Å². The number of nitrogens with zero attached hydrogens (tertiary/aromatic N) is 3. The molecule has 1 N–H and O–H groups in total. The molecular weight excluding hydrogens is 395 g/mol. The highest BCUT2D eigenvalue weighted by Gasteiger charge is 2.15. The molecule has 3 aromatic rings. The molecule has 0 aliphatic heterocycles. The lowest BCUT2D eigenvalue weighted by atomic mass is 10.2. The molecule has 27 heavy (non-hydrogen) atoms. The predicted molar refractivity (Wildman–Crippen MR) is 101 cm³/mol. The van der Waals surface area contributed by atoms with Gasteiger partial charge in [0.05, 0.1) is 9.96 Å². The van der Waals surface area contributed by atoms with Crippen LogP contribution in [-0.4, -0.2) is 21.0 Å². The Morgan fingerprint density at radius 2 is 1.89 bits per heavy atom. The molecule has 0 saturated carbocycles. The summed E-state index contributed by atoms with van der Waals surface area (Å²) in [6, 6.07) is 11.2. The van der Waals surface area contributed by atoms with Crippen LogP contribution in [-0.2, 0) is 0 Å². The van der Waals surface area contributed by atoms with Crippen LogP contribution in [0, 0.1) is 15.9 Å². The van der Waals surface area contributed by atoms with Crippen LogP contribution in [0.3, 0.4) is 0 Å². The van der Waals surface area contributed by atoms with Crippen molar-refractivity contribution < 1.29 is 14.1 Å². The molecule has 0 aliphatic rings. The Labute approximate surface area is 161 Å². The quantitative estimate of drug-likeness (QED) is 0.496. The molecule has 0 spiro atoms. The molecule has 1 heterocycles. The number of hydrogen-bond donors (Lipinski definition) is 1. The number of anilines is 1. The van der Waals surface area contributed by atoms with Gasteiger partial charge in [0.25, 0.3) is 11.6 Å². The number of carbonyl (C=O) groups is 1. The molecule has 0 saturated heterocycles. The third kappa shape index (κ3) is 4.72. The number of aromatic nitrogens is 2. The van der Waals surface area contributed by atoms with E-state index in [0.717, 1.165) is 11.3 Å². The second-order valence-corrected chi connectivity index (χ2v) is 6.60. The average Bonchev–Trinajstić information content (AvgIpc) is 3.14. The molecule has 0 radical (unpaired) electrons. The molecule has 0 bridgehead atoms. The fourth-order valence-electron chi connectivity index (χ4n) is 2.07. The van der Waals surface area contributed by atoms with Gasteiger partial charge in [0.1, 0.15) is 5.82 Å². The van der Waals surface area contributed by atoms with Gasteiger partial charge in [0.15, 0.2) is 5.01 Å². The number of carbonyl (C=O) groups excluding carboxylic acids is 1. The maximum atomic E-state index is 12.9. The molecule has 2 aromatic carbocycles. The molecule has 0 aliphatic carbocycles. The molecule has 0 unspecified atom stereocenters. The number of halogens is 2. The average molecular weight is 405 g/mol. The van der Waals surface area contributed by atoms with Crippen LogP contribution in [0.5, 0.6) is 0 Å². The van der Waals surface area contributed by atoms with Crippen molar-refractivity contribution >= 4 is 51.3 Å². The van der Waals surface area contributed by atoms with E-state index in [1.807, 2.05) is 0 Å². The van der Waals surface area contributed by atoms with Crippen LogP contribution in [0.15, 0.2) is 48.5 Å². The Hall–Kier alpha value is -3.17. The summed E-state index contributed by atoms with van der Waals surface area (Å²) in [5, 5.41) is 21.6. The molecule has 1 amide bonds. The van der Waals surface area contributed by atoms with Crippen molar-refractivity contribution in [2.75, 3.05) is 5.32 Å². The summed E-state index contributed by atoms with van der Waals surface area (Å²) >= 11 is 7.15. The van der Waals surface area contributed by atoms with E-state index in [2.05, 4.69) is 15.5 Å². The lowest BCUT2D eigenvalue weighted by Crippen LogP contribution is -2.11. The molecule has 10 heteroatoms. The van der Waals surface area contributed by atoms with E-state index in [0.29, 0.717) is 11.3 Å². The highest BCUT2D eigenvalue weighted by atomic mass is 35.5. The van der Waals surface area contributed by atoms with Gasteiger partial charge in [-0.15, -0.1) is 10.2 Å². The third-order valence-electron chi connectivity index (χ3n) is 3.30. The van der Waals surface area contributed by atoms with Crippen LogP contribution in [0.4, 0.5) is 15.8 Å². The predicted octanol–water partition coefficient (Wildman–Crippen LogP) is 4.57. The van der Waals surface area contributed by atoms with E-state index >= 15 is 0 Å². The lowest BCUT2D eigenvalue weighted by Gasteiger charge is -2.01. The molecule has 0 fully saturated rings. The highest BCUT2D eigenvalue weighted by Crippen LogP contribution is 2.26. The zero-order valence-corrected chi connectivity index (χ0v) is 15.0. The minimum Gasteiger partial charge on any atom is -0.320 e. The van der Waals surface area contributed by atoms with Gasteiger partial charge in [-0.25, -0.2) is 4.39 Å². The summed E-state index contributed by atoms with van der Waals surface area (Å²) in [6.45, 7) is 0. The smallest absolute Gasteiger partial charge is 0.286 e. The number of nitro groups is 1. The van der Waals surface area contributed by atoms with E-state index in [1.54, 1.807) is 6.07 Å². The normalized spacial score (nSPS) is 11.3. The van der Waals surface area contributed by atoms with Crippen molar-refractivity contribution in [3.8, 4) is 0 Å². The van der Waals surface area contributed by atoms with Crippen molar-refractivity contribution in [1.82, 2.24) is 10.2 Å². The minimum absolute atomic E-state index is 0.0650. The monoisotopic (exact) mass is 404 g/mol. The molecule has 7 nitrogen and oxygen atoms in total. The molecule has 1 aromatic heterocycles. The largest absolute Gasteiger partial charge is 0.320 e. The zero-order valence-electron chi connectivity index (χ0n) is 13.4. The second-order valence-electron chi connectivity index (χ2n) is 5.22. The number of hydrogen-bond acceptors (Lipinski definition) is 6. The fourth-order valence-corrected chi connectivity index (χ4v) is 2.99. The molecule has 0 atom stereocenters. The first-order chi connectivity index (χ1) is 12.9. The Morgan fingerprint density at radius 3 is 2.59 bits per heavy atom. The van der Waals surface area contributed by atoms with Crippen LogP contribution in [0.1, 0.15) is 20.4 Å². The summed E-state index contributed by atoms with van der Waals surface area (Å²) in [5.41, 5.74) is 0.864. The van der Waals surface area contributed by atoms with Crippen molar-refractivity contribution in [3.63, 3.8) is 0 Å². The minimum atomic E-state index is -0.509. The van der Waals surface area contributed by atoms with Crippen molar-refractivity contribution in [2.45, 2.75) is 0 Å². The number of amides is 1. The Kier molecular flexibility index (Phi) is 5.53. The van der Waals surface area contributed by atoms with Gasteiger partial charge < -0.3 is 5.32 Å². The first kappa shape index (κ1) is 18.6. The Morgan fingerprint density at radius 1 is 1.19 bits per heavy atom. The SMILES string of the molecule is O=C(Nc1ccc(F)cc1)c1nnc(C(Cl)=Cc2cccc([N+](=O)[O-])c2)s1. The summed E-state index contributed by atoms with van der Waals surface area (Å²) in [5.74, 6) is -0.922. The van der Waals surface area contributed by atoms with Gasteiger partial charge in [0, 0.05) is 17.8 Å². The summed E-state index contributed by atoms with van der Waals surface area (Å²) in [7, 11) is 0. The zero-order chi connectivity index (χ0) is 19.4. The van der Waals surface area contributed by atoms with E-state index in [1.165, 1.54) is 48.5 Å². The number of nitro benzene ring substituents is 1. The third-order valence-corrected chi connectivity index (χ3v) is 4.66. The van der Waals surface area contributed by atoms with E-state index in [-0.39, 0.29) is 20.7 Å². The topological polar surface area (TPSA) is 98.0 Å². The molecule has 3 rings (SSSR count). The second kappa shape index (κ2) is 8.02. The number of rotatable bonds is 5. The van der Waals surface area contributed by atoms with Gasteiger partial charge in [0.2, 0.25) is 5.01 Å². The number of benzene rings is 2. The summed E-state index contributed by atoms with van der Waals surface area (Å²) in [4.78, 5) is 22.5. The van der Waals surface area contributed by atoms with Gasteiger partial charge in [-0.1, -0.05) is 35.1 Å². The molecule has 136 valence electrons. The maximum absolute atomic E-state index is 12.9. The number of non-ortho nitro benzene ring substituents is 1. The first-order valence-corrected chi connectivity index (χ1v) is 8.64. The number of nitrogens with one attached hydrogen (secondary N) is 1. The van der Waals surface area contributed by atoms with Crippen LogP contribution >= 0.6 is 22.9 Å². The van der Waals surface area contributed by atoms with Crippen molar-refractivity contribution in [2.24, 2.45) is 0 Å². The summed E-state index contributed by atoms with van der Waals surface area (Å²) < 4.78 is 12.9. The van der Waals surface area contributed by atoms with Crippen molar-refractivity contribution in [1.29, 1.82) is 0 Å². The van der Waals surface area contributed by atoms with Crippen LogP contribution < -0.4 is 5.32 Å². The highest BCUT2D eigenvalue weighted by molar-refractivity contribution is 7.15. The maximum Gasteiger partial charge on any atom is 0.286 e. The molecular formula is C17H10ClFN4O3S.